The van der Waals surface area contributed by atoms with Gasteiger partial charge in [-0.05, 0) is 26.0 Å². The molecular formula is C18H24N4O3S2. The maximum atomic E-state index is 12.6. The van der Waals surface area contributed by atoms with Crippen LogP contribution in [0.15, 0.2) is 53.0 Å². The summed E-state index contributed by atoms with van der Waals surface area (Å²) in [6, 6.07) is 8.24. The van der Waals surface area contributed by atoms with Gasteiger partial charge in [0, 0.05) is 19.6 Å². The largest absolute Gasteiger partial charge is 0.343 e. The topological polar surface area (TPSA) is 85.2 Å². The minimum Gasteiger partial charge on any atom is -0.343 e. The van der Waals surface area contributed by atoms with E-state index in [1.165, 1.54) is 11.8 Å². The number of thioether (sulfide) groups is 1. The second-order valence-corrected chi connectivity index (χ2v) is 8.66. The van der Waals surface area contributed by atoms with Crippen LogP contribution in [-0.2, 0) is 26.9 Å². The Hall–Kier alpha value is -2.13. The number of aromatic nitrogens is 3. The number of sulfone groups is 1. The van der Waals surface area contributed by atoms with Crippen LogP contribution in [0.3, 0.4) is 0 Å². The molecule has 0 fully saturated rings. The van der Waals surface area contributed by atoms with Crippen molar-refractivity contribution >= 4 is 27.5 Å². The van der Waals surface area contributed by atoms with Gasteiger partial charge < -0.3 is 9.47 Å². The van der Waals surface area contributed by atoms with E-state index >= 15 is 0 Å². The Kier molecular flexibility index (Phi) is 7.61. The van der Waals surface area contributed by atoms with Gasteiger partial charge in [0.25, 0.3) is 0 Å². The van der Waals surface area contributed by atoms with Gasteiger partial charge in [0.15, 0.2) is 15.0 Å². The van der Waals surface area contributed by atoms with Crippen LogP contribution in [0.4, 0.5) is 0 Å². The first kappa shape index (κ1) is 21.2. The molecule has 9 heteroatoms. The van der Waals surface area contributed by atoms with E-state index in [1.807, 2.05) is 13.8 Å². The van der Waals surface area contributed by atoms with Crippen molar-refractivity contribution in [3.63, 3.8) is 0 Å². The smallest absolute Gasteiger partial charge is 0.233 e. The number of nitrogens with zero attached hydrogens (tertiary/aromatic N) is 4. The zero-order chi connectivity index (χ0) is 19.9. The van der Waals surface area contributed by atoms with Crippen molar-refractivity contribution < 1.29 is 13.2 Å². The molecule has 0 saturated carbocycles. The van der Waals surface area contributed by atoms with Crippen molar-refractivity contribution in [2.24, 2.45) is 0 Å². The molecule has 0 N–H and O–H groups in total. The van der Waals surface area contributed by atoms with Gasteiger partial charge >= 0.3 is 0 Å². The maximum absolute atomic E-state index is 12.6. The first-order valence-electron chi connectivity index (χ1n) is 8.64. The van der Waals surface area contributed by atoms with Crippen LogP contribution in [-0.4, -0.2) is 52.8 Å². The second kappa shape index (κ2) is 9.70. The standard InChI is InChI=1S/C18H24N4O3S2/c1-4-12-22-16(14-27(24,25)15-10-8-7-9-11-15)19-20-18(22)26-13-17(23)21(5-2)6-3/h4,7-11H,1,5-6,12-14H2,2-3H3. The van der Waals surface area contributed by atoms with E-state index in [0.717, 1.165) is 0 Å². The summed E-state index contributed by atoms with van der Waals surface area (Å²) in [5, 5.41) is 8.65. The molecule has 2 aromatic rings. The summed E-state index contributed by atoms with van der Waals surface area (Å²) >= 11 is 1.25. The van der Waals surface area contributed by atoms with Crippen molar-refractivity contribution in [1.82, 2.24) is 19.7 Å². The Morgan fingerprint density at radius 1 is 1.22 bits per heavy atom. The van der Waals surface area contributed by atoms with Gasteiger partial charge in [-0.25, -0.2) is 8.42 Å². The molecule has 0 atom stereocenters. The number of benzene rings is 1. The van der Waals surface area contributed by atoms with Crippen LogP contribution in [0.2, 0.25) is 0 Å². The van der Waals surface area contributed by atoms with Crippen LogP contribution in [0, 0.1) is 0 Å². The molecule has 1 amide bonds. The van der Waals surface area contributed by atoms with Crippen LogP contribution >= 0.6 is 11.8 Å². The van der Waals surface area contributed by atoms with Gasteiger partial charge in [-0.2, -0.15) is 0 Å². The van der Waals surface area contributed by atoms with E-state index in [0.29, 0.717) is 30.6 Å². The molecule has 1 heterocycles. The predicted octanol–water partition coefficient (Wildman–Crippen LogP) is 2.40. The highest BCUT2D eigenvalue weighted by Gasteiger charge is 2.22. The molecule has 2 rings (SSSR count). The lowest BCUT2D eigenvalue weighted by Crippen LogP contribution is -2.31. The number of allylic oxidation sites excluding steroid dienone is 1. The lowest BCUT2D eigenvalue weighted by molar-refractivity contribution is -0.127. The number of carbonyl (C=O) groups excluding carboxylic acids is 1. The fraction of sp³-hybridized carbons (Fsp3) is 0.389. The second-order valence-electron chi connectivity index (χ2n) is 5.72. The molecule has 1 aromatic heterocycles. The zero-order valence-electron chi connectivity index (χ0n) is 15.5. The summed E-state index contributed by atoms with van der Waals surface area (Å²) in [5.41, 5.74) is 0. The Morgan fingerprint density at radius 2 is 1.89 bits per heavy atom. The van der Waals surface area contributed by atoms with E-state index in [9.17, 15) is 13.2 Å². The number of hydrogen-bond donors (Lipinski definition) is 0. The molecule has 0 radical (unpaired) electrons. The lowest BCUT2D eigenvalue weighted by atomic mass is 10.4. The van der Waals surface area contributed by atoms with Gasteiger partial charge in [0.2, 0.25) is 5.91 Å². The lowest BCUT2D eigenvalue weighted by Gasteiger charge is -2.18. The van der Waals surface area contributed by atoms with Crippen LogP contribution in [0.5, 0.6) is 0 Å². The SMILES string of the molecule is C=CCn1c(CS(=O)(=O)c2ccccc2)nnc1SCC(=O)N(CC)CC. The Morgan fingerprint density at radius 3 is 2.48 bits per heavy atom. The maximum Gasteiger partial charge on any atom is 0.233 e. The van der Waals surface area contributed by atoms with Crippen LogP contribution in [0.25, 0.3) is 0 Å². The molecule has 0 bridgehead atoms. The summed E-state index contributed by atoms with van der Waals surface area (Å²) in [6.45, 7) is 9.24. The van der Waals surface area contributed by atoms with Crippen molar-refractivity contribution in [2.45, 2.75) is 36.2 Å². The molecule has 0 aliphatic heterocycles. The highest BCUT2D eigenvalue weighted by molar-refractivity contribution is 7.99. The van der Waals surface area contributed by atoms with E-state index in [2.05, 4.69) is 16.8 Å². The van der Waals surface area contributed by atoms with Gasteiger partial charge in [-0.1, -0.05) is 36.0 Å². The average Bonchev–Trinajstić information content (AvgIpc) is 3.03. The van der Waals surface area contributed by atoms with Gasteiger partial charge in [-0.15, -0.1) is 16.8 Å². The summed E-state index contributed by atoms with van der Waals surface area (Å²) < 4.78 is 26.9. The minimum absolute atomic E-state index is 0.0108. The highest BCUT2D eigenvalue weighted by Crippen LogP contribution is 2.21. The predicted molar refractivity (Wildman–Crippen MR) is 106 cm³/mol. The number of carbonyl (C=O) groups is 1. The minimum atomic E-state index is -3.54. The van der Waals surface area contributed by atoms with Gasteiger partial charge in [-0.3, -0.25) is 4.79 Å². The first-order chi connectivity index (χ1) is 12.9. The molecule has 0 unspecified atom stereocenters. The third-order valence-corrected chi connectivity index (χ3v) is 6.55. The van der Waals surface area contributed by atoms with Crippen molar-refractivity contribution in [1.29, 1.82) is 0 Å². The van der Waals surface area contributed by atoms with E-state index in [1.54, 1.807) is 45.9 Å². The van der Waals surface area contributed by atoms with Crippen LogP contribution < -0.4 is 0 Å². The summed E-state index contributed by atoms with van der Waals surface area (Å²) in [6.07, 6.45) is 1.65. The molecule has 0 spiro atoms. The quantitative estimate of drug-likeness (QED) is 0.443. The molecular weight excluding hydrogens is 384 g/mol. The molecule has 27 heavy (non-hydrogen) atoms. The van der Waals surface area contributed by atoms with E-state index < -0.39 is 9.84 Å². The summed E-state index contributed by atoms with van der Waals surface area (Å²) in [5.74, 6) is 0.304. The molecule has 0 aliphatic carbocycles. The van der Waals surface area contributed by atoms with E-state index in [4.69, 9.17) is 0 Å². The molecule has 0 saturated heterocycles. The number of rotatable bonds is 10. The van der Waals surface area contributed by atoms with Gasteiger partial charge in [0.1, 0.15) is 11.6 Å². The highest BCUT2D eigenvalue weighted by atomic mass is 32.2. The Balaban J connectivity index is 2.19. The first-order valence-corrected chi connectivity index (χ1v) is 11.3. The Bertz CT molecular complexity index is 875. The molecule has 0 aliphatic rings. The molecule has 1 aromatic carbocycles. The number of hydrogen-bond acceptors (Lipinski definition) is 6. The third kappa shape index (κ3) is 5.43. The monoisotopic (exact) mass is 408 g/mol. The molecule has 146 valence electrons. The fourth-order valence-electron chi connectivity index (χ4n) is 2.52. The van der Waals surface area contributed by atoms with E-state index in [-0.39, 0.29) is 22.3 Å². The summed E-state index contributed by atoms with van der Waals surface area (Å²) in [7, 11) is -3.54. The molecule has 7 nitrogen and oxygen atoms in total. The van der Waals surface area contributed by atoms with Crippen molar-refractivity contribution in [3.8, 4) is 0 Å². The zero-order valence-corrected chi connectivity index (χ0v) is 17.2. The Labute approximate surface area is 164 Å². The van der Waals surface area contributed by atoms with Gasteiger partial charge in [0.05, 0.1) is 10.6 Å². The van der Waals surface area contributed by atoms with Crippen molar-refractivity contribution in [2.75, 3.05) is 18.8 Å². The number of amides is 1. The third-order valence-electron chi connectivity index (χ3n) is 3.97. The van der Waals surface area contributed by atoms with Crippen LogP contribution in [0.1, 0.15) is 19.7 Å². The normalized spacial score (nSPS) is 11.3. The fourth-order valence-corrected chi connectivity index (χ4v) is 4.68. The summed E-state index contributed by atoms with van der Waals surface area (Å²) in [4.78, 5) is 14.2. The average molecular weight is 409 g/mol. The van der Waals surface area contributed by atoms with Crippen molar-refractivity contribution in [3.05, 3.63) is 48.8 Å².